The number of nitrogens with one attached hydrogen (secondary N) is 2. The van der Waals surface area contributed by atoms with Crippen LogP contribution in [0.1, 0.15) is 41.6 Å². The molecular weight excluding hydrogens is 442 g/mol. The molecule has 0 bridgehead atoms. The largest absolute Gasteiger partial charge is 0.481 e. The van der Waals surface area contributed by atoms with E-state index in [4.69, 9.17) is 11.6 Å². The summed E-state index contributed by atoms with van der Waals surface area (Å²) in [6.07, 6.45) is 1.92. The molecule has 1 aromatic heterocycles. The quantitative estimate of drug-likeness (QED) is 0.444. The number of halogens is 1. The number of carboxylic acids is 1. The number of aromatic nitrogens is 1. The minimum Gasteiger partial charge on any atom is -0.481 e. The molecule has 1 unspecified atom stereocenters. The van der Waals surface area contributed by atoms with Gasteiger partial charge in [0.25, 0.3) is 5.56 Å². The van der Waals surface area contributed by atoms with Crippen molar-refractivity contribution in [1.29, 1.82) is 0 Å². The lowest BCUT2D eigenvalue weighted by molar-refractivity contribution is -0.137. The van der Waals surface area contributed by atoms with Crippen LogP contribution in [0, 0.1) is 6.92 Å². The summed E-state index contributed by atoms with van der Waals surface area (Å²) in [7, 11) is 0. The Labute approximate surface area is 197 Å². The lowest BCUT2D eigenvalue weighted by Crippen LogP contribution is -2.36. The van der Waals surface area contributed by atoms with E-state index in [9.17, 15) is 19.5 Å². The molecule has 0 aliphatic heterocycles. The zero-order chi connectivity index (χ0) is 24.0. The van der Waals surface area contributed by atoms with Crippen molar-refractivity contribution in [2.75, 3.05) is 5.32 Å². The number of aliphatic carboxylic acids is 1. The second kappa shape index (κ2) is 10.8. The minimum absolute atomic E-state index is 0.155. The molecule has 0 aliphatic carbocycles. The summed E-state index contributed by atoms with van der Waals surface area (Å²) >= 11 is 6.23. The van der Waals surface area contributed by atoms with Crippen LogP contribution >= 0.6 is 11.6 Å². The molecule has 3 rings (SSSR count). The Morgan fingerprint density at radius 3 is 2.39 bits per heavy atom. The first-order valence-electron chi connectivity index (χ1n) is 10.6. The summed E-state index contributed by atoms with van der Waals surface area (Å²) in [4.78, 5) is 37.3. The van der Waals surface area contributed by atoms with Crippen LogP contribution in [0.3, 0.4) is 0 Å². The van der Waals surface area contributed by atoms with Crippen molar-refractivity contribution in [3.8, 4) is 0 Å². The van der Waals surface area contributed by atoms with E-state index in [1.807, 2.05) is 44.2 Å². The number of carboxylic acid groups (broad SMARTS) is 1. The van der Waals surface area contributed by atoms with E-state index in [2.05, 4.69) is 10.6 Å². The zero-order valence-corrected chi connectivity index (χ0v) is 19.2. The molecule has 172 valence electrons. The fraction of sp³-hybridized carbons (Fsp3) is 0.240. The summed E-state index contributed by atoms with van der Waals surface area (Å²) < 4.78 is 1.48. The molecule has 0 saturated carbocycles. The number of amides is 2. The van der Waals surface area contributed by atoms with Crippen LogP contribution in [0.2, 0.25) is 5.02 Å². The van der Waals surface area contributed by atoms with Crippen LogP contribution in [0.4, 0.5) is 10.5 Å². The highest BCUT2D eigenvalue weighted by molar-refractivity contribution is 6.31. The predicted molar refractivity (Wildman–Crippen MR) is 129 cm³/mol. The molecule has 3 N–H and O–H groups in total. The van der Waals surface area contributed by atoms with Crippen molar-refractivity contribution in [3.05, 3.63) is 98.4 Å². The van der Waals surface area contributed by atoms with E-state index in [0.717, 1.165) is 11.1 Å². The number of urea groups is 1. The van der Waals surface area contributed by atoms with E-state index in [1.54, 1.807) is 30.5 Å². The lowest BCUT2D eigenvalue weighted by atomic mass is 10.0. The number of carbonyl (C=O) groups excluding carboxylic acids is 1. The second-order valence-corrected chi connectivity index (χ2v) is 8.16. The van der Waals surface area contributed by atoms with E-state index >= 15 is 0 Å². The Balaban J connectivity index is 1.85. The summed E-state index contributed by atoms with van der Waals surface area (Å²) in [5.74, 6) is -1.04. The molecule has 0 aliphatic rings. The van der Waals surface area contributed by atoms with Crippen LogP contribution in [0.15, 0.2) is 65.6 Å². The third-order valence-electron chi connectivity index (χ3n) is 5.33. The number of pyridine rings is 1. The molecule has 0 saturated heterocycles. The third kappa shape index (κ3) is 6.23. The Bertz CT molecular complexity index is 1210. The first-order valence-corrected chi connectivity index (χ1v) is 11.0. The van der Waals surface area contributed by atoms with Crippen molar-refractivity contribution in [1.82, 2.24) is 9.88 Å². The van der Waals surface area contributed by atoms with Crippen LogP contribution in [0.25, 0.3) is 0 Å². The second-order valence-electron chi connectivity index (χ2n) is 7.75. The van der Waals surface area contributed by atoms with Gasteiger partial charge < -0.3 is 20.3 Å². The monoisotopic (exact) mass is 467 g/mol. The Morgan fingerprint density at radius 2 is 1.76 bits per heavy atom. The van der Waals surface area contributed by atoms with Crippen molar-refractivity contribution >= 4 is 29.3 Å². The Kier molecular flexibility index (Phi) is 7.90. The molecule has 7 nitrogen and oxygen atoms in total. The van der Waals surface area contributed by atoms with Crippen LogP contribution < -0.4 is 16.2 Å². The fourth-order valence-corrected chi connectivity index (χ4v) is 3.70. The third-order valence-corrected chi connectivity index (χ3v) is 5.70. The number of carbonyl (C=O) groups is 2. The number of rotatable bonds is 8. The number of anilines is 1. The van der Waals surface area contributed by atoms with Gasteiger partial charge in [-0.05, 0) is 42.2 Å². The maximum Gasteiger partial charge on any atom is 0.319 e. The maximum atomic E-state index is 13.2. The SMILES string of the molecule is CCc1ccn(Cc2ccccc2Cl)c(=O)c1NC(=O)NC(CC(=O)O)c1ccc(C)cc1. The highest BCUT2D eigenvalue weighted by atomic mass is 35.5. The molecule has 0 spiro atoms. The molecular formula is C25H26ClN3O4. The van der Waals surface area contributed by atoms with Crippen molar-refractivity contribution in [3.63, 3.8) is 0 Å². The summed E-state index contributed by atoms with van der Waals surface area (Å²) in [5.41, 5.74) is 2.93. The number of benzene rings is 2. The molecule has 33 heavy (non-hydrogen) atoms. The number of hydrogen-bond acceptors (Lipinski definition) is 3. The molecule has 3 aromatic rings. The first kappa shape index (κ1) is 24.1. The van der Waals surface area contributed by atoms with Gasteiger partial charge >= 0.3 is 12.0 Å². The van der Waals surface area contributed by atoms with Gasteiger partial charge in [0.1, 0.15) is 5.69 Å². The molecule has 0 radical (unpaired) electrons. The van der Waals surface area contributed by atoms with Gasteiger partial charge in [-0.25, -0.2) is 4.79 Å². The van der Waals surface area contributed by atoms with E-state index < -0.39 is 18.0 Å². The minimum atomic E-state index is -1.04. The zero-order valence-electron chi connectivity index (χ0n) is 18.5. The van der Waals surface area contributed by atoms with Crippen molar-refractivity contribution in [2.45, 2.75) is 39.3 Å². The van der Waals surface area contributed by atoms with Gasteiger partial charge in [-0.1, -0.05) is 66.6 Å². The van der Waals surface area contributed by atoms with E-state index in [1.165, 1.54) is 4.57 Å². The summed E-state index contributed by atoms with van der Waals surface area (Å²) in [6, 6.07) is 14.9. The molecule has 0 fully saturated rings. The fourth-order valence-electron chi connectivity index (χ4n) is 3.51. The topological polar surface area (TPSA) is 100 Å². The molecule has 1 atom stereocenters. The standard InChI is InChI=1S/C25H26ClN3O4/c1-3-17-12-13-29(15-19-6-4-5-7-20(19)26)24(32)23(17)28-25(33)27-21(14-22(30)31)18-10-8-16(2)9-11-18/h4-13,21H,3,14-15H2,1-2H3,(H,30,31)(H2,27,28,33). The highest BCUT2D eigenvalue weighted by Gasteiger charge is 2.20. The Morgan fingerprint density at radius 1 is 1.06 bits per heavy atom. The molecule has 8 heteroatoms. The van der Waals surface area contributed by atoms with Gasteiger partial charge in [0.2, 0.25) is 0 Å². The maximum absolute atomic E-state index is 13.2. The molecule has 2 amide bonds. The Hall–Kier alpha value is -3.58. The first-order chi connectivity index (χ1) is 15.8. The normalized spacial score (nSPS) is 11.6. The number of aryl methyl sites for hydroxylation is 2. The van der Waals surface area contributed by atoms with Crippen molar-refractivity contribution in [2.24, 2.45) is 0 Å². The van der Waals surface area contributed by atoms with Crippen LogP contribution in [-0.4, -0.2) is 21.7 Å². The van der Waals surface area contributed by atoms with Gasteiger partial charge in [0.15, 0.2) is 0 Å². The average molecular weight is 468 g/mol. The molecule has 1 heterocycles. The summed E-state index contributed by atoms with van der Waals surface area (Å²) in [6.45, 7) is 4.06. The van der Waals surface area contributed by atoms with Gasteiger partial charge in [-0.15, -0.1) is 0 Å². The smallest absolute Gasteiger partial charge is 0.319 e. The van der Waals surface area contributed by atoms with Crippen LogP contribution in [0.5, 0.6) is 0 Å². The number of nitrogens with zero attached hydrogens (tertiary/aromatic N) is 1. The van der Waals surface area contributed by atoms with E-state index in [-0.39, 0.29) is 24.2 Å². The van der Waals surface area contributed by atoms with Gasteiger partial charge in [-0.2, -0.15) is 0 Å². The highest BCUT2D eigenvalue weighted by Crippen LogP contribution is 2.19. The van der Waals surface area contributed by atoms with Crippen molar-refractivity contribution < 1.29 is 14.7 Å². The number of hydrogen-bond donors (Lipinski definition) is 3. The average Bonchev–Trinajstić information content (AvgIpc) is 2.78. The van der Waals surface area contributed by atoms with Gasteiger partial charge in [0, 0.05) is 11.2 Å². The summed E-state index contributed by atoms with van der Waals surface area (Å²) in [5, 5.41) is 15.2. The van der Waals surface area contributed by atoms with E-state index in [0.29, 0.717) is 22.6 Å². The van der Waals surface area contributed by atoms with Gasteiger partial charge in [-0.3, -0.25) is 9.59 Å². The van der Waals surface area contributed by atoms with Gasteiger partial charge in [0.05, 0.1) is 19.0 Å². The molecule has 2 aromatic carbocycles. The lowest BCUT2D eigenvalue weighted by Gasteiger charge is -2.19. The predicted octanol–water partition coefficient (Wildman–Crippen LogP) is 4.76. The van der Waals surface area contributed by atoms with Crippen LogP contribution in [-0.2, 0) is 17.8 Å².